The molecule has 2 atom stereocenters. The van der Waals surface area contributed by atoms with Crippen molar-refractivity contribution < 1.29 is 8.42 Å². The summed E-state index contributed by atoms with van der Waals surface area (Å²) < 4.78 is 26.1. The number of rotatable bonds is 5. The fourth-order valence-corrected chi connectivity index (χ4v) is 3.71. The minimum absolute atomic E-state index is 0.240. The Morgan fingerprint density at radius 3 is 2.76 bits per heavy atom. The highest BCUT2D eigenvalue weighted by Crippen LogP contribution is 2.31. The van der Waals surface area contributed by atoms with E-state index < -0.39 is 10.0 Å². The van der Waals surface area contributed by atoms with Crippen LogP contribution >= 0.6 is 0 Å². The second-order valence-electron chi connectivity index (χ2n) is 5.74. The Kier molecular flexibility index (Phi) is 5.11. The van der Waals surface area contributed by atoms with Crippen LogP contribution in [-0.4, -0.2) is 21.5 Å². The minimum atomic E-state index is -3.44. The van der Waals surface area contributed by atoms with Crippen LogP contribution in [0.15, 0.2) is 23.1 Å². The van der Waals surface area contributed by atoms with Crippen molar-refractivity contribution >= 4 is 21.4 Å². The molecule has 0 radical (unpaired) electrons. The van der Waals surface area contributed by atoms with Gasteiger partial charge in [-0.05, 0) is 44.0 Å². The van der Waals surface area contributed by atoms with E-state index in [9.17, 15) is 8.42 Å². The first kappa shape index (κ1) is 16.1. The van der Waals surface area contributed by atoms with Gasteiger partial charge in [0, 0.05) is 6.04 Å². The van der Waals surface area contributed by atoms with Crippen LogP contribution in [0.1, 0.15) is 39.0 Å². The predicted octanol–water partition coefficient (Wildman–Crippen LogP) is 2.56. The zero-order chi connectivity index (χ0) is 15.5. The average molecular weight is 311 g/mol. The number of nitrogens with two attached hydrogens (primary N) is 1. The standard InChI is InChI=1S/C15H25N3O2S/c1-3-11-5-4-6-12(9-11)18-15-10-13(7-8-14(15)16)21(19,20)17-2/h7-8,10-12,17-18H,3-6,9,16H2,1-2H3. The molecular weight excluding hydrogens is 286 g/mol. The van der Waals surface area contributed by atoms with Crippen molar-refractivity contribution in [3.63, 3.8) is 0 Å². The summed E-state index contributed by atoms with van der Waals surface area (Å²) in [5.74, 6) is 0.752. The van der Waals surface area contributed by atoms with Crippen molar-refractivity contribution in [1.82, 2.24) is 4.72 Å². The van der Waals surface area contributed by atoms with Crippen molar-refractivity contribution in [2.45, 2.75) is 50.0 Å². The van der Waals surface area contributed by atoms with Crippen molar-refractivity contribution in [3.8, 4) is 0 Å². The first-order valence-corrected chi connectivity index (χ1v) is 9.04. The molecule has 6 heteroatoms. The Labute approximate surface area is 127 Å². The summed E-state index contributed by atoms with van der Waals surface area (Å²) in [6, 6.07) is 5.17. The molecule has 1 aromatic rings. The Morgan fingerprint density at radius 2 is 2.10 bits per heavy atom. The van der Waals surface area contributed by atoms with E-state index in [4.69, 9.17) is 5.73 Å². The van der Waals surface area contributed by atoms with Gasteiger partial charge in [0.05, 0.1) is 16.3 Å². The Bertz CT molecular complexity index is 587. The number of nitrogen functional groups attached to an aromatic ring is 1. The van der Waals surface area contributed by atoms with Crippen LogP contribution in [0.25, 0.3) is 0 Å². The van der Waals surface area contributed by atoms with Gasteiger partial charge >= 0.3 is 0 Å². The molecule has 0 saturated heterocycles. The first-order valence-electron chi connectivity index (χ1n) is 7.56. The third-order valence-corrected chi connectivity index (χ3v) is 5.74. The summed E-state index contributed by atoms with van der Waals surface area (Å²) in [7, 11) is -2.03. The van der Waals surface area contributed by atoms with Gasteiger partial charge in [-0.2, -0.15) is 0 Å². The van der Waals surface area contributed by atoms with E-state index in [1.807, 2.05) is 0 Å². The van der Waals surface area contributed by atoms with Gasteiger partial charge in [-0.1, -0.05) is 26.2 Å². The van der Waals surface area contributed by atoms with Crippen LogP contribution in [0.5, 0.6) is 0 Å². The van der Waals surface area contributed by atoms with E-state index in [1.165, 1.54) is 32.4 Å². The molecule has 1 fully saturated rings. The summed E-state index contributed by atoms with van der Waals surface area (Å²) in [5.41, 5.74) is 7.28. The molecule has 4 N–H and O–H groups in total. The molecule has 0 heterocycles. The molecule has 1 saturated carbocycles. The van der Waals surface area contributed by atoms with Crippen molar-refractivity contribution in [1.29, 1.82) is 0 Å². The highest BCUT2D eigenvalue weighted by Gasteiger charge is 2.22. The fourth-order valence-electron chi connectivity index (χ4n) is 2.96. The fraction of sp³-hybridized carbons (Fsp3) is 0.600. The van der Waals surface area contributed by atoms with Gasteiger partial charge in [-0.25, -0.2) is 13.1 Å². The molecule has 0 aromatic heterocycles. The topological polar surface area (TPSA) is 84.2 Å². The van der Waals surface area contributed by atoms with Gasteiger partial charge in [-0.15, -0.1) is 0 Å². The third-order valence-electron chi connectivity index (χ3n) is 4.32. The number of hydrogen-bond donors (Lipinski definition) is 3. The lowest BCUT2D eigenvalue weighted by Crippen LogP contribution is -2.27. The van der Waals surface area contributed by atoms with Crippen molar-refractivity contribution in [2.75, 3.05) is 18.1 Å². The average Bonchev–Trinajstić information content (AvgIpc) is 2.49. The second kappa shape index (κ2) is 6.66. The zero-order valence-electron chi connectivity index (χ0n) is 12.7. The Morgan fingerprint density at radius 1 is 1.33 bits per heavy atom. The SMILES string of the molecule is CCC1CCCC(Nc2cc(S(=O)(=O)NC)ccc2N)C1. The number of hydrogen-bond acceptors (Lipinski definition) is 4. The van der Waals surface area contributed by atoms with E-state index in [0.717, 1.165) is 18.8 Å². The molecule has 1 aliphatic carbocycles. The lowest BCUT2D eigenvalue weighted by atomic mass is 9.84. The first-order chi connectivity index (χ1) is 9.96. The predicted molar refractivity (Wildman–Crippen MR) is 86.8 cm³/mol. The van der Waals surface area contributed by atoms with Crippen molar-refractivity contribution in [2.24, 2.45) is 5.92 Å². The molecule has 2 rings (SSSR count). The molecule has 0 spiro atoms. The van der Waals surface area contributed by atoms with Gasteiger partial charge < -0.3 is 11.1 Å². The van der Waals surface area contributed by atoms with Crippen LogP contribution in [0, 0.1) is 5.92 Å². The van der Waals surface area contributed by atoms with Gasteiger partial charge in [0.1, 0.15) is 0 Å². The second-order valence-corrected chi connectivity index (χ2v) is 7.63. The summed E-state index contributed by atoms with van der Waals surface area (Å²) in [6.07, 6.45) is 5.93. The molecule has 0 amide bonds. The largest absolute Gasteiger partial charge is 0.397 e. The molecule has 2 unspecified atom stereocenters. The summed E-state index contributed by atoms with van der Waals surface area (Å²) in [5, 5.41) is 3.43. The number of sulfonamides is 1. The maximum atomic E-state index is 11.9. The zero-order valence-corrected chi connectivity index (χ0v) is 13.5. The van der Waals surface area contributed by atoms with Gasteiger partial charge in [0.2, 0.25) is 10.0 Å². The van der Waals surface area contributed by atoms with Crippen LogP contribution in [-0.2, 0) is 10.0 Å². The maximum Gasteiger partial charge on any atom is 0.240 e. The Balaban J connectivity index is 2.18. The summed E-state index contributed by atoms with van der Waals surface area (Å²) in [6.45, 7) is 2.22. The Hall–Kier alpha value is -1.27. The van der Waals surface area contributed by atoms with Crippen LogP contribution in [0.3, 0.4) is 0 Å². The molecule has 5 nitrogen and oxygen atoms in total. The lowest BCUT2D eigenvalue weighted by molar-refractivity contribution is 0.327. The third kappa shape index (κ3) is 3.89. The highest BCUT2D eigenvalue weighted by molar-refractivity contribution is 7.89. The van der Waals surface area contributed by atoms with E-state index in [2.05, 4.69) is 17.0 Å². The number of anilines is 2. The molecule has 1 aromatic carbocycles. The van der Waals surface area contributed by atoms with Gasteiger partial charge in [-0.3, -0.25) is 0 Å². The van der Waals surface area contributed by atoms with E-state index in [1.54, 1.807) is 12.1 Å². The molecule has 0 aliphatic heterocycles. The van der Waals surface area contributed by atoms with Crippen LogP contribution in [0.2, 0.25) is 0 Å². The number of benzene rings is 1. The minimum Gasteiger partial charge on any atom is -0.397 e. The summed E-state index contributed by atoms with van der Waals surface area (Å²) >= 11 is 0. The molecule has 118 valence electrons. The van der Waals surface area contributed by atoms with Crippen LogP contribution in [0.4, 0.5) is 11.4 Å². The van der Waals surface area contributed by atoms with E-state index in [-0.39, 0.29) is 4.90 Å². The number of nitrogens with one attached hydrogen (secondary N) is 2. The molecule has 1 aliphatic rings. The van der Waals surface area contributed by atoms with Crippen LogP contribution < -0.4 is 15.8 Å². The molecular formula is C15H25N3O2S. The monoisotopic (exact) mass is 311 g/mol. The lowest BCUT2D eigenvalue weighted by Gasteiger charge is -2.30. The van der Waals surface area contributed by atoms with E-state index >= 15 is 0 Å². The molecule has 0 bridgehead atoms. The highest BCUT2D eigenvalue weighted by atomic mass is 32.2. The van der Waals surface area contributed by atoms with E-state index in [0.29, 0.717) is 17.4 Å². The molecule has 21 heavy (non-hydrogen) atoms. The maximum absolute atomic E-state index is 11.9. The normalized spacial score (nSPS) is 23.0. The summed E-state index contributed by atoms with van der Waals surface area (Å²) in [4.78, 5) is 0.240. The quantitative estimate of drug-likeness (QED) is 0.730. The smallest absolute Gasteiger partial charge is 0.240 e. The van der Waals surface area contributed by atoms with Gasteiger partial charge in [0.25, 0.3) is 0 Å². The van der Waals surface area contributed by atoms with Gasteiger partial charge in [0.15, 0.2) is 0 Å². The van der Waals surface area contributed by atoms with Crippen molar-refractivity contribution in [3.05, 3.63) is 18.2 Å².